The van der Waals surface area contributed by atoms with Crippen molar-refractivity contribution in [3.05, 3.63) is 70.0 Å². The summed E-state index contributed by atoms with van der Waals surface area (Å²) in [6, 6.07) is 13.6. The number of nitrogens with two attached hydrogens (primary N) is 1. The maximum atomic E-state index is 13.7. The van der Waals surface area contributed by atoms with Crippen LogP contribution in [0.1, 0.15) is 29.5 Å². The molecule has 110 valence electrons. The highest BCUT2D eigenvalue weighted by molar-refractivity contribution is 6.30. The first kappa shape index (κ1) is 14.6. The van der Waals surface area contributed by atoms with E-state index in [0.717, 1.165) is 31.2 Å². The van der Waals surface area contributed by atoms with Crippen LogP contribution in [0.25, 0.3) is 0 Å². The molecule has 2 N–H and O–H groups in total. The highest BCUT2D eigenvalue weighted by atomic mass is 35.5. The standard InChI is InChI=1S/C18H19ClFN/c19-16-8-7-13(10-17(16)20)11-18(12-21)9-3-5-14-4-1-2-6-15(14)18/h1-2,4,6-8,10H,3,5,9,11-12,21H2. The van der Waals surface area contributed by atoms with Crippen LogP contribution in [0.3, 0.4) is 0 Å². The van der Waals surface area contributed by atoms with Crippen LogP contribution in [-0.2, 0) is 18.3 Å². The summed E-state index contributed by atoms with van der Waals surface area (Å²) in [7, 11) is 0. The lowest BCUT2D eigenvalue weighted by molar-refractivity contribution is 0.365. The molecule has 0 aliphatic heterocycles. The van der Waals surface area contributed by atoms with Gasteiger partial charge in [0.2, 0.25) is 0 Å². The van der Waals surface area contributed by atoms with Crippen LogP contribution in [0.5, 0.6) is 0 Å². The van der Waals surface area contributed by atoms with E-state index >= 15 is 0 Å². The summed E-state index contributed by atoms with van der Waals surface area (Å²) in [5.41, 5.74) is 9.72. The second-order valence-electron chi connectivity index (χ2n) is 5.92. The molecular formula is C18H19ClFN. The number of aryl methyl sites for hydroxylation is 1. The first-order chi connectivity index (χ1) is 10.1. The van der Waals surface area contributed by atoms with Gasteiger partial charge in [0.15, 0.2) is 0 Å². The molecule has 0 saturated heterocycles. The third kappa shape index (κ3) is 2.70. The first-order valence-electron chi connectivity index (χ1n) is 7.37. The van der Waals surface area contributed by atoms with Crippen LogP contribution in [0.2, 0.25) is 5.02 Å². The van der Waals surface area contributed by atoms with Gasteiger partial charge in [-0.05, 0) is 54.5 Å². The van der Waals surface area contributed by atoms with Crippen molar-refractivity contribution in [3.63, 3.8) is 0 Å². The molecule has 0 spiro atoms. The van der Waals surface area contributed by atoms with Gasteiger partial charge in [0.25, 0.3) is 0 Å². The van der Waals surface area contributed by atoms with Crippen molar-refractivity contribution in [2.45, 2.75) is 31.1 Å². The Balaban J connectivity index is 2.00. The molecule has 1 nitrogen and oxygen atoms in total. The van der Waals surface area contributed by atoms with E-state index in [4.69, 9.17) is 17.3 Å². The number of hydrogen-bond donors (Lipinski definition) is 1. The zero-order chi connectivity index (χ0) is 14.9. The van der Waals surface area contributed by atoms with Crippen LogP contribution in [0.4, 0.5) is 4.39 Å². The maximum Gasteiger partial charge on any atom is 0.142 e. The summed E-state index contributed by atoms with van der Waals surface area (Å²) < 4.78 is 13.7. The zero-order valence-electron chi connectivity index (χ0n) is 11.9. The van der Waals surface area contributed by atoms with E-state index in [-0.39, 0.29) is 16.3 Å². The highest BCUT2D eigenvalue weighted by Gasteiger charge is 2.35. The first-order valence-corrected chi connectivity index (χ1v) is 7.75. The number of benzene rings is 2. The Hall–Kier alpha value is -1.38. The molecule has 21 heavy (non-hydrogen) atoms. The normalized spacial score (nSPS) is 21.1. The van der Waals surface area contributed by atoms with Crippen molar-refractivity contribution in [1.82, 2.24) is 0 Å². The van der Waals surface area contributed by atoms with Gasteiger partial charge in [-0.25, -0.2) is 4.39 Å². The monoisotopic (exact) mass is 303 g/mol. The van der Waals surface area contributed by atoms with Crippen LogP contribution >= 0.6 is 11.6 Å². The van der Waals surface area contributed by atoms with Gasteiger partial charge >= 0.3 is 0 Å². The van der Waals surface area contributed by atoms with E-state index in [1.807, 2.05) is 6.07 Å². The van der Waals surface area contributed by atoms with Crippen molar-refractivity contribution in [1.29, 1.82) is 0 Å². The molecule has 0 amide bonds. The average Bonchev–Trinajstić information content (AvgIpc) is 2.51. The quantitative estimate of drug-likeness (QED) is 0.901. The van der Waals surface area contributed by atoms with E-state index < -0.39 is 0 Å². The van der Waals surface area contributed by atoms with Gasteiger partial charge in [0, 0.05) is 12.0 Å². The Morgan fingerprint density at radius 2 is 2.00 bits per heavy atom. The fourth-order valence-electron chi connectivity index (χ4n) is 3.52. The molecule has 1 atom stereocenters. The van der Waals surface area contributed by atoms with Gasteiger partial charge in [-0.3, -0.25) is 0 Å². The zero-order valence-corrected chi connectivity index (χ0v) is 12.7. The lowest BCUT2D eigenvalue weighted by Gasteiger charge is -2.38. The number of halogens is 2. The summed E-state index contributed by atoms with van der Waals surface area (Å²) in [5, 5.41) is 0.171. The summed E-state index contributed by atoms with van der Waals surface area (Å²) >= 11 is 5.77. The SMILES string of the molecule is NCC1(Cc2ccc(Cl)c(F)c2)CCCc2ccccc21. The van der Waals surface area contributed by atoms with Gasteiger partial charge in [0.05, 0.1) is 5.02 Å². The van der Waals surface area contributed by atoms with Crippen LogP contribution < -0.4 is 5.73 Å². The van der Waals surface area contributed by atoms with Crippen LogP contribution in [0.15, 0.2) is 42.5 Å². The Labute approximate surface area is 129 Å². The third-order valence-corrected chi connectivity index (χ3v) is 4.91. The molecule has 0 saturated carbocycles. The van der Waals surface area contributed by atoms with Gasteiger partial charge in [-0.15, -0.1) is 0 Å². The topological polar surface area (TPSA) is 26.0 Å². The molecule has 0 bridgehead atoms. The molecule has 3 heteroatoms. The fourth-order valence-corrected chi connectivity index (χ4v) is 3.63. The van der Waals surface area contributed by atoms with E-state index in [2.05, 4.69) is 24.3 Å². The van der Waals surface area contributed by atoms with Crippen molar-refractivity contribution in [2.75, 3.05) is 6.54 Å². The van der Waals surface area contributed by atoms with Gasteiger partial charge < -0.3 is 5.73 Å². The minimum Gasteiger partial charge on any atom is -0.330 e. The number of fused-ring (bicyclic) bond motifs is 1. The number of hydrogen-bond acceptors (Lipinski definition) is 1. The molecule has 2 aromatic rings. The van der Waals surface area contributed by atoms with Gasteiger partial charge in [-0.2, -0.15) is 0 Å². The fraction of sp³-hybridized carbons (Fsp3) is 0.333. The number of rotatable bonds is 3. The van der Waals surface area contributed by atoms with Crippen molar-refractivity contribution < 1.29 is 4.39 Å². The molecule has 2 aromatic carbocycles. The summed E-state index contributed by atoms with van der Waals surface area (Å²) in [6.45, 7) is 0.578. The predicted molar refractivity (Wildman–Crippen MR) is 85.2 cm³/mol. The van der Waals surface area contributed by atoms with Crippen molar-refractivity contribution in [2.24, 2.45) is 5.73 Å². The molecule has 1 unspecified atom stereocenters. The van der Waals surface area contributed by atoms with Gasteiger partial charge in [-0.1, -0.05) is 41.9 Å². The summed E-state index contributed by atoms with van der Waals surface area (Å²) in [5.74, 6) is -0.356. The summed E-state index contributed by atoms with van der Waals surface area (Å²) in [4.78, 5) is 0. The minimum atomic E-state index is -0.356. The maximum absolute atomic E-state index is 13.7. The molecule has 0 fully saturated rings. The Morgan fingerprint density at radius 1 is 1.19 bits per heavy atom. The Morgan fingerprint density at radius 3 is 2.76 bits per heavy atom. The third-order valence-electron chi connectivity index (χ3n) is 4.61. The van der Waals surface area contributed by atoms with Crippen LogP contribution in [0, 0.1) is 5.82 Å². The smallest absolute Gasteiger partial charge is 0.142 e. The van der Waals surface area contributed by atoms with E-state index in [1.165, 1.54) is 17.2 Å². The lowest BCUT2D eigenvalue weighted by atomic mass is 9.67. The molecule has 1 aliphatic carbocycles. The Bertz CT molecular complexity index is 655. The Kier molecular flexibility index (Phi) is 4.01. The molecule has 0 radical (unpaired) electrons. The highest BCUT2D eigenvalue weighted by Crippen LogP contribution is 2.39. The van der Waals surface area contributed by atoms with Gasteiger partial charge in [0.1, 0.15) is 5.82 Å². The van der Waals surface area contributed by atoms with Crippen LogP contribution in [-0.4, -0.2) is 6.54 Å². The molecule has 3 rings (SSSR count). The largest absolute Gasteiger partial charge is 0.330 e. The van der Waals surface area contributed by atoms with E-state index in [1.54, 1.807) is 6.07 Å². The summed E-state index contributed by atoms with van der Waals surface area (Å²) in [6.07, 6.45) is 4.04. The lowest BCUT2D eigenvalue weighted by Crippen LogP contribution is -2.40. The molecule has 0 heterocycles. The molecule has 1 aliphatic rings. The predicted octanol–water partition coefficient (Wildman–Crippen LogP) is 4.25. The second-order valence-corrected chi connectivity index (χ2v) is 6.33. The second kappa shape index (κ2) is 5.78. The van der Waals surface area contributed by atoms with E-state index in [0.29, 0.717) is 6.54 Å². The van der Waals surface area contributed by atoms with E-state index in [9.17, 15) is 4.39 Å². The average molecular weight is 304 g/mol. The minimum absolute atomic E-state index is 0.0882. The van der Waals surface area contributed by atoms with Crippen molar-refractivity contribution in [3.8, 4) is 0 Å². The molecular weight excluding hydrogens is 285 g/mol. The molecule has 0 aromatic heterocycles. The van der Waals surface area contributed by atoms with Crippen molar-refractivity contribution >= 4 is 11.6 Å².